The van der Waals surface area contributed by atoms with Crippen molar-refractivity contribution in [3.8, 4) is 5.75 Å². The van der Waals surface area contributed by atoms with Gasteiger partial charge < -0.3 is 10.1 Å². The van der Waals surface area contributed by atoms with Crippen molar-refractivity contribution in [2.75, 3.05) is 6.54 Å². The number of hydrogen-bond donors (Lipinski definition) is 1. The van der Waals surface area contributed by atoms with Crippen molar-refractivity contribution in [1.29, 1.82) is 0 Å². The zero-order chi connectivity index (χ0) is 14.3. The molecule has 0 unspecified atom stereocenters. The fourth-order valence-electron chi connectivity index (χ4n) is 1.89. The molecule has 0 heterocycles. The second kappa shape index (κ2) is 8.16. The number of benzene rings is 1. The van der Waals surface area contributed by atoms with Crippen LogP contribution in [0, 0.1) is 11.7 Å². The third-order valence-corrected chi connectivity index (χ3v) is 3.08. The Morgan fingerprint density at radius 3 is 2.42 bits per heavy atom. The van der Waals surface area contributed by atoms with Crippen LogP contribution in [0.5, 0.6) is 5.75 Å². The lowest BCUT2D eigenvalue weighted by Crippen LogP contribution is -2.19. The molecule has 0 aliphatic carbocycles. The van der Waals surface area contributed by atoms with Crippen molar-refractivity contribution >= 4 is 0 Å². The van der Waals surface area contributed by atoms with Gasteiger partial charge in [-0.2, -0.15) is 0 Å². The maximum atomic E-state index is 13.9. The van der Waals surface area contributed by atoms with Crippen molar-refractivity contribution in [1.82, 2.24) is 5.32 Å². The van der Waals surface area contributed by atoms with Crippen molar-refractivity contribution in [2.45, 2.75) is 53.2 Å². The van der Waals surface area contributed by atoms with Gasteiger partial charge in [0.15, 0.2) is 11.6 Å². The molecule has 0 radical (unpaired) electrons. The number of halogens is 1. The Bertz CT molecular complexity index is 375. The summed E-state index contributed by atoms with van der Waals surface area (Å²) in [6, 6.07) is 5.22. The van der Waals surface area contributed by atoms with Gasteiger partial charge in [0.1, 0.15) is 0 Å². The minimum Gasteiger partial charge on any atom is -0.487 e. The van der Waals surface area contributed by atoms with E-state index in [1.807, 2.05) is 6.07 Å². The highest BCUT2D eigenvalue weighted by molar-refractivity contribution is 5.29. The summed E-state index contributed by atoms with van der Waals surface area (Å²) in [6.07, 6.45) is 1.89. The number of nitrogens with one attached hydrogen (secondary N) is 1. The summed E-state index contributed by atoms with van der Waals surface area (Å²) in [7, 11) is 0. The summed E-state index contributed by atoms with van der Waals surface area (Å²) < 4.78 is 19.6. The van der Waals surface area contributed by atoms with Crippen molar-refractivity contribution in [3.63, 3.8) is 0 Å². The number of ether oxygens (including phenoxy) is 1. The lowest BCUT2D eigenvalue weighted by Gasteiger charge is -2.16. The third kappa shape index (κ3) is 5.60. The molecule has 0 saturated heterocycles. The van der Waals surface area contributed by atoms with Gasteiger partial charge in [0.05, 0.1) is 6.10 Å². The Hall–Kier alpha value is -1.09. The van der Waals surface area contributed by atoms with Gasteiger partial charge in [-0.1, -0.05) is 33.8 Å². The number of rotatable bonds is 8. The van der Waals surface area contributed by atoms with Crippen LogP contribution >= 0.6 is 0 Å². The van der Waals surface area contributed by atoms with Gasteiger partial charge in [0.2, 0.25) is 0 Å². The smallest absolute Gasteiger partial charge is 0.165 e. The summed E-state index contributed by atoms with van der Waals surface area (Å²) in [5, 5.41) is 3.30. The highest BCUT2D eigenvalue weighted by Gasteiger charge is 2.10. The van der Waals surface area contributed by atoms with Gasteiger partial charge in [-0.25, -0.2) is 4.39 Å². The predicted octanol–water partition coefficient (Wildman–Crippen LogP) is 4.14. The van der Waals surface area contributed by atoms with E-state index >= 15 is 0 Å². The first-order chi connectivity index (χ1) is 9.06. The van der Waals surface area contributed by atoms with Crippen LogP contribution in [0.25, 0.3) is 0 Å². The summed E-state index contributed by atoms with van der Waals surface area (Å²) in [5.41, 5.74) is 0.954. The topological polar surface area (TPSA) is 21.3 Å². The van der Waals surface area contributed by atoms with Crippen LogP contribution in [-0.4, -0.2) is 12.6 Å². The molecule has 3 heteroatoms. The minimum absolute atomic E-state index is 0.0967. The fraction of sp³-hybridized carbons (Fsp3) is 0.625. The normalized spacial score (nSPS) is 11.3. The van der Waals surface area contributed by atoms with E-state index < -0.39 is 0 Å². The van der Waals surface area contributed by atoms with Crippen LogP contribution in [-0.2, 0) is 6.54 Å². The Kier molecular flexibility index (Phi) is 6.85. The van der Waals surface area contributed by atoms with Crippen LogP contribution in [0.3, 0.4) is 0 Å². The molecule has 0 bridgehead atoms. The summed E-state index contributed by atoms with van der Waals surface area (Å²) in [5.74, 6) is 0.694. The van der Waals surface area contributed by atoms with Crippen LogP contribution in [0.4, 0.5) is 4.39 Å². The summed E-state index contributed by atoms with van der Waals surface area (Å²) >= 11 is 0. The van der Waals surface area contributed by atoms with Gasteiger partial charge in [-0.05, 0) is 43.0 Å². The highest BCUT2D eigenvalue weighted by Crippen LogP contribution is 2.21. The van der Waals surface area contributed by atoms with Gasteiger partial charge in [-0.15, -0.1) is 0 Å². The summed E-state index contributed by atoms with van der Waals surface area (Å²) in [6.45, 7) is 10.0. The molecule has 0 fully saturated rings. The van der Waals surface area contributed by atoms with E-state index in [2.05, 4.69) is 33.0 Å². The van der Waals surface area contributed by atoms with Crippen molar-refractivity contribution < 1.29 is 9.13 Å². The standard InChI is InChI=1S/C16H26FNO/c1-5-14(6-2)19-16-8-7-13(9-15(16)17)11-18-10-12(3)4/h7-9,12,14,18H,5-6,10-11H2,1-4H3. The van der Waals surface area contributed by atoms with Gasteiger partial charge >= 0.3 is 0 Å². The average Bonchev–Trinajstić information content (AvgIpc) is 2.37. The van der Waals surface area contributed by atoms with Crippen LogP contribution < -0.4 is 10.1 Å². The molecular weight excluding hydrogens is 241 g/mol. The average molecular weight is 267 g/mol. The first-order valence-electron chi connectivity index (χ1n) is 7.22. The second-order valence-electron chi connectivity index (χ2n) is 5.35. The Morgan fingerprint density at radius 1 is 1.21 bits per heavy atom. The molecule has 108 valence electrons. The van der Waals surface area contributed by atoms with Crippen LogP contribution in [0.2, 0.25) is 0 Å². The molecule has 1 aromatic rings. The first kappa shape index (κ1) is 16.0. The van der Waals surface area contributed by atoms with E-state index in [0.29, 0.717) is 18.2 Å². The molecule has 1 N–H and O–H groups in total. The molecule has 0 aromatic heterocycles. The van der Waals surface area contributed by atoms with Crippen LogP contribution in [0.1, 0.15) is 46.1 Å². The SMILES string of the molecule is CCC(CC)Oc1ccc(CNCC(C)C)cc1F. The van der Waals surface area contributed by atoms with Gasteiger partial charge in [-0.3, -0.25) is 0 Å². The third-order valence-electron chi connectivity index (χ3n) is 3.08. The maximum absolute atomic E-state index is 13.9. The Morgan fingerprint density at radius 2 is 1.89 bits per heavy atom. The largest absolute Gasteiger partial charge is 0.487 e. The zero-order valence-electron chi connectivity index (χ0n) is 12.5. The van der Waals surface area contributed by atoms with E-state index in [0.717, 1.165) is 24.9 Å². The zero-order valence-corrected chi connectivity index (χ0v) is 12.5. The van der Waals surface area contributed by atoms with Crippen LogP contribution in [0.15, 0.2) is 18.2 Å². The predicted molar refractivity (Wildman–Crippen MR) is 77.9 cm³/mol. The molecule has 0 amide bonds. The molecule has 1 aromatic carbocycles. The Balaban J connectivity index is 2.58. The summed E-state index contributed by atoms with van der Waals surface area (Å²) in [4.78, 5) is 0. The molecule has 1 rings (SSSR count). The van der Waals surface area contributed by atoms with E-state index in [1.165, 1.54) is 0 Å². The Labute approximate surface area is 116 Å². The molecule has 19 heavy (non-hydrogen) atoms. The molecule has 0 atom stereocenters. The molecule has 0 spiro atoms. The molecular formula is C16H26FNO. The van der Waals surface area contributed by atoms with Gasteiger partial charge in [0.25, 0.3) is 0 Å². The minimum atomic E-state index is -0.268. The lowest BCUT2D eigenvalue weighted by molar-refractivity contribution is 0.184. The van der Waals surface area contributed by atoms with Crippen molar-refractivity contribution in [3.05, 3.63) is 29.6 Å². The van der Waals surface area contributed by atoms with Gasteiger partial charge in [0, 0.05) is 6.54 Å². The fourth-order valence-corrected chi connectivity index (χ4v) is 1.89. The second-order valence-corrected chi connectivity index (χ2v) is 5.35. The lowest BCUT2D eigenvalue weighted by atomic mass is 10.1. The quantitative estimate of drug-likeness (QED) is 0.764. The first-order valence-corrected chi connectivity index (χ1v) is 7.22. The number of hydrogen-bond acceptors (Lipinski definition) is 2. The van der Waals surface area contributed by atoms with Crippen molar-refractivity contribution in [2.24, 2.45) is 5.92 Å². The van der Waals surface area contributed by atoms with E-state index in [-0.39, 0.29) is 11.9 Å². The molecule has 0 saturated carbocycles. The van der Waals surface area contributed by atoms with E-state index in [9.17, 15) is 4.39 Å². The molecule has 0 aliphatic rings. The molecule has 2 nitrogen and oxygen atoms in total. The van der Waals surface area contributed by atoms with E-state index in [1.54, 1.807) is 12.1 Å². The maximum Gasteiger partial charge on any atom is 0.165 e. The molecule has 0 aliphatic heterocycles. The van der Waals surface area contributed by atoms with E-state index in [4.69, 9.17) is 4.74 Å². The monoisotopic (exact) mass is 267 g/mol. The highest BCUT2D eigenvalue weighted by atomic mass is 19.1.